The summed E-state index contributed by atoms with van der Waals surface area (Å²) in [6.45, 7) is 0.978. The summed E-state index contributed by atoms with van der Waals surface area (Å²) in [6, 6.07) is 3.15. The molecule has 150 valence electrons. The summed E-state index contributed by atoms with van der Waals surface area (Å²) in [5.74, 6) is 0.651. The summed E-state index contributed by atoms with van der Waals surface area (Å²) < 4.78 is 35.4. The molecule has 1 unspecified atom stereocenters. The Labute approximate surface area is 164 Å². The zero-order valence-electron chi connectivity index (χ0n) is 15.9. The van der Waals surface area contributed by atoms with E-state index in [2.05, 4.69) is 9.97 Å². The van der Waals surface area contributed by atoms with Gasteiger partial charge in [0.1, 0.15) is 16.3 Å². The lowest BCUT2D eigenvalue weighted by atomic mass is 9.89. The van der Waals surface area contributed by atoms with Crippen LogP contribution in [0.4, 0.5) is 0 Å². The lowest BCUT2D eigenvalue weighted by Gasteiger charge is -2.45. The van der Waals surface area contributed by atoms with Crippen molar-refractivity contribution in [2.24, 2.45) is 0 Å². The molecule has 1 saturated heterocycles. The van der Waals surface area contributed by atoms with Gasteiger partial charge in [-0.05, 0) is 25.0 Å². The minimum absolute atomic E-state index is 0.107. The van der Waals surface area contributed by atoms with Gasteiger partial charge in [-0.1, -0.05) is 0 Å². The zero-order chi connectivity index (χ0) is 19.9. The highest BCUT2D eigenvalue weighted by Gasteiger charge is 2.48. The molecule has 28 heavy (non-hydrogen) atoms. The molecule has 9 nitrogen and oxygen atoms in total. The van der Waals surface area contributed by atoms with Crippen molar-refractivity contribution in [1.29, 1.82) is 0 Å². The van der Waals surface area contributed by atoms with Gasteiger partial charge in [0.05, 0.1) is 6.54 Å². The van der Waals surface area contributed by atoms with Crippen molar-refractivity contribution in [3.05, 3.63) is 42.7 Å². The number of sulfonamides is 1. The van der Waals surface area contributed by atoms with Gasteiger partial charge in [-0.25, -0.2) is 13.4 Å². The number of imidazole rings is 1. The van der Waals surface area contributed by atoms with Crippen LogP contribution in [0.3, 0.4) is 0 Å². The maximum absolute atomic E-state index is 12.9. The number of hydrogen-bond donors (Lipinski definition) is 0. The highest BCUT2D eigenvalue weighted by molar-refractivity contribution is 7.89. The summed E-state index contributed by atoms with van der Waals surface area (Å²) in [5.41, 5.74) is -0.765. The van der Waals surface area contributed by atoms with E-state index in [0.29, 0.717) is 19.4 Å². The van der Waals surface area contributed by atoms with E-state index in [1.54, 1.807) is 38.6 Å². The Kier molecular flexibility index (Phi) is 4.72. The minimum Gasteiger partial charge on any atom is -0.352 e. The number of carbonyl (C=O) groups is 1. The minimum atomic E-state index is -3.61. The standard InChI is InChI=1S/C18H23N5O4S/c1-21(2)16(24)15-13-22-11-8-20-17(22)18(27-15)5-9-23(10-6-18)28(25,26)14-4-3-7-19-12-14/h3-4,7-8,11-12,15H,5-6,9-10,13H2,1-2H3. The molecule has 1 spiro atoms. The van der Waals surface area contributed by atoms with E-state index in [4.69, 9.17) is 4.74 Å². The molecule has 0 aliphatic carbocycles. The van der Waals surface area contributed by atoms with Gasteiger partial charge in [-0.2, -0.15) is 4.31 Å². The third-order valence-electron chi connectivity index (χ3n) is 5.37. The van der Waals surface area contributed by atoms with Crippen molar-refractivity contribution in [1.82, 2.24) is 23.7 Å². The quantitative estimate of drug-likeness (QED) is 0.735. The SMILES string of the molecule is CN(C)C(=O)C1Cn2ccnc2C2(CCN(S(=O)(=O)c3cccnc3)CC2)O1. The van der Waals surface area contributed by atoms with Crippen molar-refractivity contribution >= 4 is 15.9 Å². The molecule has 4 rings (SSSR count). The van der Waals surface area contributed by atoms with Gasteiger partial charge < -0.3 is 14.2 Å². The number of hydrogen-bond acceptors (Lipinski definition) is 6. The third-order valence-corrected chi connectivity index (χ3v) is 7.25. The highest BCUT2D eigenvalue weighted by Crippen LogP contribution is 2.41. The third kappa shape index (κ3) is 3.11. The average molecular weight is 405 g/mol. The number of amides is 1. The maximum atomic E-state index is 12.9. The fourth-order valence-corrected chi connectivity index (χ4v) is 5.30. The molecule has 0 aromatic carbocycles. The van der Waals surface area contributed by atoms with Gasteiger partial charge in [0.15, 0.2) is 6.10 Å². The summed E-state index contributed by atoms with van der Waals surface area (Å²) in [7, 11) is -0.213. The van der Waals surface area contributed by atoms with Gasteiger partial charge in [0.25, 0.3) is 5.91 Å². The van der Waals surface area contributed by atoms with Crippen LogP contribution < -0.4 is 0 Å². The van der Waals surface area contributed by atoms with E-state index in [0.717, 1.165) is 5.82 Å². The molecule has 1 fully saturated rings. The predicted octanol–water partition coefficient (Wildman–Crippen LogP) is 0.445. The largest absolute Gasteiger partial charge is 0.352 e. The number of carbonyl (C=O) groups excluding carboxylic acids is 1. The van der Waals surface area contributed by atoms with Crippen LogP contribution in [0.15, 0.2) is 41.8 Å². The number of aromatic nitrogens is 3. The topological polar surface area (TPSA) is 97.6 Å². The first kappa shape index (κ1) is 19.0. The molecule has 2 aliphatic heterocycles. The summed E-state index contributed by atoms with van der Waals surface area (Å²) in [4.78, 5) is 22.6. The number of likely N-dealkylation sites (N-methyl/N-ethyl adjacent to an activating group) is 1. The van der Waals surface area contributed by atoms with Gasteiger partial charge in [0, 0.05) is 52.0 Å². The molecular formula is C18H23N5O4S. The number of fused-ring (bicyclic) bond motifs is 2. The molecule has 0 bridgehead atoms. The van der Waals surface area contributed by atoms with Gasteiger partial charge >= 0.3 is 0 Å². The van der Waals surface area contributed by atoms with Crippen LogP contribution in [-0.2, 0) is 31.7 Å². The number of rotatable bonds is 3. The molecule has 0 saturated carbocycles. The lowest BCUT2D eigenvalue weighted by molar-refractivity contribution is -0.177. The molecular weight excluding hydrogens is 382 g/mol. The number of pyridine rings is 1. The maximum Gasteiger partial charge on any atom is 0.253 e. The molecule has 1 atom stereocenters. The Morgan fingerprint density at radius 3 is 2.68 bits per heavy atom. The van der Waals surface area contributed by atoms with Crippen molar-refractivity contribution < 1.29 is 17.9 Å². The normalized spacial score (nSPS) is 22.0. The summed E-state index contributed by atoms with van der Waals surface area (Å²) in [5, 5.41) is 0. The van der Waals surface area contributed by atoms with Crippen LogP contribution in [-0.4, -0.2) is 71.4 Å². The van der Waals surface area contributed by atoms with Gasteiger partial charge in [0.2, 0.25) is 10.0 Å². The smallest absolute Gasteiger partial charge is 0.253 e. The van der Waals surface area contributed by atoms with Crippen LogP contribution in [0.2, 0.25) is 0 Å². The van der Waals surface area contributed by atoms with E-state index < -0.39 is 21.7 Å². The summed E-state index contributed by atoms with van der Waals surface area (Å²) >= 11 is 0. The summed E-state index contributed by atoms with van der Waals surface area (Å²) in [6.07, 6.45) is 6.69. The molecule has 1 amide bonds. The molecule has 2 aromatic heterocycles. The second-order valence-corrected chi connectivity index (χ2v) is 9.27. The Balaban J connectivity index is 1.58. The lowest BCUT2D eigenvalue weighted by Crippen LogP contribution is -2.54. The van der Waals surface area contributed by atoms with E-state index in [1.165, 1.54) is 15.4 Å². The predicted molar refractivity (Wildman–Crippen MR) is 99.7 cm³/mol. The first-order valence-corrected chi connectivity index (χ1v) is 10.6. The second-order valence-electron chi connectivity index (χ2n) is 7.33. The molecule has 2 aromatic rings. The highest BCUT2D eigenvalue weighted by atomic mass is 32.2. The van der Waals surface area contributed by atoms with Crippen LogP contribution in [0, 0.1) is 0 Å². The molecule has 0 N–H and O–H groups in total. The Hall–Kier alpha value is -2.30. The number of nitrogens with zero attached hydrogens (tertiary/aromatic N) is 5. The monoisotopic (exact) mass is 405 g/mol. The van der Waals surface area contributed by atoms with Crippen molar-refractivity contribution in [2.75, 3.05) is 27.2 Å². The van der Waals surface area contributed by atoms with Crippen LogP contribution >= 0.6 is 0 Å². The zero-order valence-corrected chi connectivity index (χ0v) is 16.7. The van der Waals surface area contributed by atoms with Gasteiger partial charge in [-0.15, -0.1) is 0 Å². The fourth-order valence-electron chi connectivity index (χ4n) is 3.89. The van der Waals surface area contributed by atoms with Gasteiger partial charge in [-0.3, -0.25) is 9.78 Å². The fraction of sp³-hybridized carbons (Fsp3) is 0.500. The number of piperidine rings is 1. The molecule has 4 heterocycles. The second kappa shape index (κ2) is 6.94. The Morgan fingerprint density at radius 2 is 2.04 bits per heavy atom. The number of ether oxygens (including phenoxy) is 1. The van der Waals surface area contributed by atoms with Crippen LogP contribution in [0.5, 0.6) is 0 Å². The van der Waals surface area contributed by atoms with E-state index in [-0.39, 0.29) is 23.9 Å². The van der Waals surface area contributed by atoms with E-state index in [1.807, 2.05) is 10.8 Å². The van der Waals surface area contributed by atoms with Crippen LogP contribution in [0.25, 0.3) is 0 Å². The average Bonchev–Trinajstić information content (AvgIpc) is 3.18. The Morgan fingerprint density at radius 1 is 1.29 bits per heavy atom. The molecule has 2 aliphatic rings. The van der Waals surface area contributed by atoms with Crippen LogP contribution in [0.1, 0.15) is 18.7 Å². The molecule has 0 radical (unpaired) electrons. The molecule has 10 heteroatoms. The van der Waals surface area contributed by atoms with E-state index in [9.17, 15) is 13.2 Å². The van der Waals surface area contributed by atoms with Crippen molar-refractivity contribution in [3.8, 4) is 0 Å². The first-order chi connectivity index (χ1) is 13.3. The van der Waals surface area contributed by atoms with Crippen molar-refractivity contribution in [3.63, 3.8) is 0 Å². The van der Waals surface area contributed by atoms with Crippen molar-refractivity contribution in [2.45, 2.75) is 36.0 Å². The Bertz CT molecular complexity index is 965. The first-order valence-electron chi connectivity index (χ1n) is 9.14. The van der Waals surface area contributed by atoms with E-state index >= 15 is 0 Å².